The number of benzene rings is 2. The SMILES string of the molecule is CN=C(NCc1ccc([N+](=O)[O-])cc1)NC(C)c1ccccc1C. The molecule has 6 heteroatoms. The van der Waals surface area contributed by atoms with Gasteiger partial charge in [0.05, 0.1) is 11.0 Å². The van der Waals surface area contributed by atoms with Gasteiger partial charge in [0.15, 0.2) is 5.96 Å². The lowest BCUT2D eigenvalue weighted by molar-refractivity contribution is -0.384. The van der Waals surface area contributed by atoms with Gasteiger partial charge in [-0.05, 0) is 30.5 Å². The van der Waals surface area contributed by atoms with Crippen molar-refractivity contribution >= 4 is 11.6 Å². The van der Waals surface area contributed by atoms with Crippen LogP contribution in [0, 0.1) is 17.0 Å². The predicted molar refractivity (Wildman–Crippen MR) is 96.0 cm³/mol. The van der Waals surface area contributed by atoms with E-state index < -0.39 is 4.92 Å². The van der Waals surface area contributed by atoms with Gasteiger partial charge < -0.3 is 10.6 Å². The fourth-order valence-electron chi connectivity index (χ4n) is 2.47. The molecule has 0 radical (unpaired) electrons. The highest BCUT2D eigenvalue weighted by Gasteiger charge is 2.10. The molecule has 2 rings (SSSR count). The lowest BCUT2D eigenvalue weighted by Gasteiger charge is -2.19. The van der Waals surface area contributed by atoms with Crippen LogP contribution in [-0.4, -0.2) is 17.9 Å². The van der Waals surface area contributed by atoms with Crippen LogP contribution in [-0.2, 0) is 6.54 Å². The van der Waals surface area contributed by atoms with Crippen LogP contribution in [0.5, 0.6) is 0 Å². The Labute approximate surface area is 141 Å². The van der Waals surface area contributed by atoms with Crippen molar-refractivity contribution in [2.45, 2.75) is 26.4 Å². The number of nitro groups is 1. The van der Waals surface area contributed by atoms with E-state index in [1.54, 1.807) is 19.2 Å². The molecule has 24 heavy (non-hydrogen) atoms. The molecule has 6 nitrogen and oxygen atoms in total. The van der Waals surface area contributed by atoms with E-state index in [2.05, 4.69) is 41.6 Å². The van der Waals surface area contributed by atoms with Gasteiger partial charge in [0.1, 0.15) is 0 Å². The number of nitrogens with one attached hydrogen (secondary N) is 2. The van der Waals surface area contributed by atoms with E-state index in [9.17, 15) is 10.1 Å². The first-order valence-corrected chi connectivity index (χ1v) is 7.77. The van der Waals surface area contributed by atoms with E-state index in [1.807, 2.05) is 12.1 Å². The quantitative estimate of drug-likeness (QED) is 0.382. The molecule has 0 heterocycles. The molecule has 0 saturated heterocycles. The van der Waals surface area contributed by atoms with Crippen LogP contribution in [0.1, 0.15) is 29.7 Å². The first-order valence-electron chi connectivity index (χ1n) is 7.77. The molecule has 1 unspecified atom stereocenters. The van der Waals surface area contributed by atoms with Gasteiger partial charge in [-0.1, -0.05) is 36.4 Å². The Morgan fingerprint density at radius 1 is 1.21 bits per heavy atom. The third-order valence-electron chi connectivity index (χ3n) is 3.84. The van der Waals surface area contributed by atoms with E-state index in [1.165, 1.54) is 23.3 Å². The maximum absolute atomic E-state index is 10.7. The van der Waals surface area contributed by atoms with Crippen LogP contribution in [0.3, 0.4) is 0 Å². The molecular weight excluding hydrogens is 304 g/mol. The molecule has 1 atom stereocenters. The summed E-state index contributed by atoms with van der Waals surface area (Å²) in [4.78, 5) is 14.5. The van der Waals surface area contributed by atoms with Crippen LogP contribution in [0.4, 0.5) is 5.69 Å². The van der Waals surface area contributed by atoms with E-state index in [4.69, 9.17) is 0 Å². The van der Waals surface area contributed by atoms with Gasteiger partial charge in [0, 0.05) is 25.7 Å². The van der Waals surface area contributed by atoms with Crippen molar-refractivity contribution in [1.82, 2.24) is 10.6 Å². The van der Waals surface area contributed by atoms with Gasteiger partial charge in [-0.25, -0.2) is 0 Å². The van der Waals surface area contributed by atoms with Gasteiger partial charge >= 0.3 is 0 Å². The second-order valence-corrected chi connectivity index (χ2v) is 5.57. The van der Waals surface area contributed by atoms with Crippen molar-refractivity contribution < 1.29 is 4.92 Å². The molecule has 0 saturated carbocycles. The minimum Gasteiger partial charge on any atom is -0.352 e. The number of aryl methyl sites for hydroxylation is 1. The molecule has 0 fully saturated rings. The van der Waals surface area contributed by atoms with Gasteiger partial charge in [0.25, 0.3) is 5.69 Å². The number of aliphatic imine (C=N–C) groups is 1. The number of guanidine groups is 1. The normalized spacial score (nSPS) is 12.5. The topological polar surface area (TPSA) is 79.6 Å². The molecule has 0 spiro atoms. The Morgan fingerprint density at radius 2 is 1.88 bits per heavy atom. The van der Waals surface area contributed by atoms with Crippen LogP contribution in [0.15, 0.2) is 53.5 Å². The van der Waals surface area contributed by atoms with Crippen molar-refractivity contribution in [3.05, 3.63) is 75.3 Å². The molecule has 2 N–H and O–H groups in total. The maximum atomic E-state index is 10.7. The van der Waals surface area contributed by atoms with Crippen molar-refractivity contribution in [2.24, 2.45) is 4.99 Å². The number of nitro benzene ring substituents is 1. The summed E-state index contributed by atoms with van der Waals surface area (Å²) in [5, 5.41) is 17.2. The van der Waals surface area contributed by atoms with E-state index in [0.717, 1.165) is 5.56 Å². The fourth-order valence-corrected chi connectivity index (χ4v) is 2.47. The van der Waals surface area contributed by atoms with Crippen LogP contribution < -0.4 is 10.6 Å². The lowest BCUT2D eigenvalue weighted by Crippen LogP contribution is -2.38. The monoisotopic (exact) mass is 326 g/mol. The standard InChI is InChI=1S/C18H22N4O2/c1-13-6-4-5-7-17(13)14(2)21-18(19-3)20-12-15-8-10-16(11-9-15)22(23)24/h4-11,14H,12H2,1-3H3,(H2,19,20,21). The average molecular weight is 326 g/mol. The third-order valence-corrected chi connectivity index (χ3v) is 3.84. The zero-order chi connectivity index (χ0) is 17.5. The van der Waals surface area contributed by atoms with E-state index >= 15 is 0 Å². The number of non-ortho nitro benzene ring substituents is 1. The zero-order valence-corrected chi connectivity index (χ0v) is 14.1. The summed E-state index contributed by atoms with van der Waals surface area (Å²) in [6.45, 7) is 4.71. The molecule has 0 aliphatic heterocycles. The van der Waals surface area contributed by atoms with Crippen molar-refractivity contribution in [1.29, 1.82) is 0 Å². The maximum Gasteiger partial charge on any atom is 0.269 e. The number of rotatable bonds is 5. The Kier molecular flexibility index (Phi) is 5.89. The first-order chi connectivity index (χ1) is 11.5. The van der Waals surface area contributed by atoms with Crippen molar-refractivity contribution in [3.8, 4) is 0 Å². The Hall–Kier alpha value is -2.89. The molecule has 0 amide bonds. The minimum atomic E-state index is -0.401. The van der Waals surface area contributed by atoms with Crippen LogP contribution >= 0.6 is 0 Å². The molecule has 2 aromatic rings. The van der Waals surface area contributed by atoms with E-state index in [0.29, 0.717) is 12.5 Å². The summed E-state index contributed by atoms with van der Waals surface area (Å²) in [6.07, 6.45) is 0. The fraction of sp³-hybridized carbons (Fsp3) is 0.278. The average Bonchev–Trinajstić information content (AvgIpc) is 2.59. The second-order valence-electron chi connectivity index (χ2n) is 5.57. The number of nitrogens with zero attached hydrogens (tertiary/aromatic N) is 2. The molecule has 0 bridgehead atoms. The Morgan fingerprint density at radius 3 is 2.46 bits per heavy atom. The third kappa shape index (κ3) is 4.55. The number of hydrogen-bond donors (Lipinski definition) is 2. The molecule has 0 aliphatic rings. The smallest absolute Gasteiger partial charge is 0.269 e. The zero-order valence-electron chi connectivity index (χ0n) is 14.1. The summed E-state index contributed by atoms with van der Waals surface area (Å²) in [5.41, 5.74) is 3.49. The van der Waals surface area contributed by atoms with Gasteiger partial charge in [-0.2, -0.15) is 0 Å². The molecule has 126 valence electrons. The summed E-state index contributed by atoms with van der Waals surface area (Å²) in [6, 6.07) is 14.8. The summed E-state index contributed by atoms with van der Waals surface area (Å²) in [7, 11) is 1.72. The van der Waals surface area contributed by atoms with Gasteiger partial charge in [-0.15, -0.1) is 0 Å². The highest BCUT2D eigenvalue weighted by molar-refractivity contribution is 5.80. The predicted octanol–water partition coefficient (Wildman–Crippen LogP) is 3.33. The first kappa shape index (κ1) is 17.5. The number of hydrogen-bond acceptors (Lipinski definition) is 3. The summed E-state index contributed by atoms with van der Waals surface area (Å²) < 4.78 is 0. The van der Waals surface area contributed by atoms with Gasteiger partial charge in [-0.3, -0.25) is 15.1 Å². The van der Waals surface area contributed by atoms with Crippen LogP contribution in [0.2, 0.25) is 0 Å². The molecular formula is C18H22N4O2. The summed E-state index contributed by atoms with van der Waals surface area (Å²) in [5.74, 6) is 0.684. The highest BCUT2D eigenvalue weighted by atomic mass is 16.6. The minimum absolute atomic E-state index is 0.0921. The molecule has 0 aromatic heterocycles. The van der Waals surface area contributed by atoms with E-state index in [-0.39, 0.29) is 11.7 Å². The van der Waals surface area contributed by atoms with Crippen molar-refractivity contribution in [2.75, 3.05) is 7.05 Å². The van der Waals surface area contributed by atoms with Gasteiger partial charge in [0.2, 0.25) is 0 Å². The summed E-state index contributed by atoms with van der Waals surface area (Å²) >= 11 is 0. The van der Waals surface area contributed by atoms with Crippen molar-refractivity contribution in [3.63, 3.8) is 0 Å². The molecule has 0 aliphatic carbocycles. The second kappa shape index (κ2) is 8.10. The molecule has 2 aromatic carbocycles. The lowest BCUT2D eigenvalue weighted by atomic mass is 10.0. The Balaban J connectivity index is 1.95. The van der Waals surface area contributed by atoms with Crippen LogP contribution in [0.25, 0.3) is 0 Å². The Bertz CT molecular complexity index is 726. The highest BCUT2D eigenvalue weighted by Crippen LogP contribution is 2.16. The largest absolute Gasteiger partial charge is 0.352 e.